The maximum Gasteiger partial charge on any atom is 0.252 e. The molecule has 5 heteroatoms. The molecule has 0 unspecified atom stereocenters. The molecule has 2 aliphatic heterocycles. The number of hydrogen-bond acceptors (Lipinski definition) is 2. The van der Waals surface area contributed by atoms with Crippen molar-refractivity contribution in [2.24, 2.45) is 0 Å². The van der Waals surface area contributed by atoms with Crippen molar-refractivity contribution in [1.29, 1.82) is 0 Å². The summed E-state index contributed by atoms with van der Waals surface area (Å²) in [6.07, 6.45) is 0. The van der Waals surface area contributed by atoms with Crippen molar-refractivity contribution in [1.82, 2.24) is 9.13 Å². The van der Waals surface area contributed by atoms with Gasteiger partial charge >= 0.3 is 0 Å². The maximum absolute atomic E-state index is 12.1. The second-order valence-corrected chi connectivity index (χ2v) is 50.8. The highest BCUT2D eigenvalue weighted by molar-refractivity contribution is 7.00. The van der Waals surface area contributed by atoms with E-state index in [1.807, 2.05) is 160 Å². The number of nitrogens with zero attached hydrogens (tertiary/aromatic N) is 4. The second-order valence-electron chi connectivity index (χ2n) is 50.8. The molecular formula is C132H151BN4. The van der Waals surface area contributed by atoms with Crippen molar-refractivity contribution in [2.75, 3.05) is 9.80 Å². The van der Waals surface area contributed by atoms with Crippen molar-refractivity contribution >= 4 is 101 Å². The number of para-hydroxylation sites is 2. The molecule has 137 heavy (non-hydrogen) atoms. The molecule has 0 saturated carbocycles. The van der Waals surface area contributed by atoms with Crippen molar-refractivity contribution < 1.29 is 35.6 Å². The Morgan fingerprint density at radius 2 is 0.569 bits per heavy atom. The van der Waals surface area contributed by atoms with Crippen LogP contribution < -0.4 is 26.2 Å². The van der Waals surface area contributed by atoms with E-state index in [0.29, 0.717) is 27.7 Å². The number of aromatic nitrogens is 2. The van der Waals surface area contributed by atoms with Gasteiger partial charge in [0.05, 0.1) is 69.1 Å². The third-order valence-corrected chi connectivity index (χ3v) is 27.4. The van der Waals surface area contributed by atoms with E-state index in [2.05, 4.69) is 142 Å². The highest BCUT2D eigenvalue weighted by Crippen LogP contribution is 2.59. The van der Waals surface area contributed by atoms with E-state index in [1.54, 1.807) is 64.6 Å². The summed E-state index contributed by atoms with van der Waals surface area (Å²) in [5.74, 6) is 0. The van der Waals surface area contributed by atoms with E-state index in [-0.39, 0.29) is 180 Å². The molecule has 0 N–H and O–H groups in total. The molecule has 0 saturated heterocycles. The molecule has 0 bridgehead atoms. The van der Waals surface area contributed by atoms with E-state index in [4.69, 9.17) is 0 Å². The Bertz CT molecular complexity index is 8930. The van der Waals surface area contributed by atoms with Crippen LogP contribution in [0, 0.1) is 0 Å². The van der Waals surface area contributed by atoms with Gasteiger partial charge in [0.25, 0.3) is 6.71 Å². The fourth-order valence-corrected chi connectivity index (χ4v) is 19.4. The van der Waals surface area contributed by atoms with Crippen LogP contribution in [-0.4, -0.2) is 15.8 Å². The Morgan fingerprint density at radius 3 is 0.956 bits per heavy atom. The monoisotopic (exact) mass is 1830 g/mol. The molecule has 0 atom stereocenters. The summed E-state index contributed by atoms with van der Waals surface area (Å²) in [7, 11) is 0. The van der Waals surface area contributed by atoms with Crippen LogP contribution in [0.25, 0.3) is 111 Å². The lowest BCUT2D eigenvalue weighted by Crippen LogP contribution is -2.61. The third kappa shape index (κ3) is 17.2. The summed E-state index contributed by atoms with van der Waals surface area (Å²) in [6.45, 7) is 68.4. The number of fused-ring (bicyclic) bond motifs is 10. The summed E-state index contributed by atoms with van der Waals surface area (Å²) < 4.78 is 284. The molecule has 16 aromatic rings. The summed E-state index contributed by atoms with van der Waals surface area (Å²) in [6, 6.07) is 20.8. The smallest absolute Gasteiger partial charge is 0.252 e. The number of anilines is 6. The van der Waals surface area contributed by atoms with Crippen LogP contribution in [-0.2, 0) is 65.0 Å². The summed E-state index contributed by atoms with van der Waals surface area (Å²) in [5.41, 5.74) is -5.78. The van der Waals surface area contributed by atoms with E-state index in [9.17, 15) is 35.6 Å². The molecular weight excluding hydrogens is 1650 g/mol. The molecule has 4 nitrogen and oxygen atoms in total. The van der Waals surface area contributed by atoms with Gasteiger partial charge in [-0.15, -0.1) is 0 Å². The first-order chi connectivity index (χ1) is 74.4. The van der Waals surface area contributed by atoms with Gasteiger partial charge in [-0.05, 0) is 278 Å². The van der Waals surface area contributed by atoms with Crippen molar-refractivity contribution in [3.63, 3.8) is 0 Å². The molecule has 0 aliphatic carbocycles. The van der Waals surface area contributed by atoms with Gasteiger partial charge in [0, 0.05) is 77.9 Å². The zero-order valence-corrected chi connectivity index (χ0v) is 87.7. The lowest BCUT2D eigenvalue weighted by molar-refractivity contribution is 0.568. The van der Waals surface area contributed by atoms with E-state index < -0.39 is 205 Å². The first-order valence-corrected chi connectivity index (χ1v) is 48.6. The van der Waals surface area contributed by atoms with E-state index in [1.165, 1.54) is 4.57 Å². The van der Waals surface area contributed by atoms with Crippen LogP contribution in [0.5, 0.6) is 0 Å². The largest absolute Gasteiger partial charge is 0.310 e. The van der Waals surface area contributed by atoms with Crippen molar-refractivity contribution in [3.05, 3.63) is 327 Å². The van der Waals surface area contributed by atoms with Gasteiger partial charge in [0.1, 0.15) is 0 Å². The molecule has 702 valence electrons. The van der Waals surface area contributed by atoms with Gasteiger partial charge in [0.2, 0.25) is 0 Å². The molecule has 2 aliphatic rings. The fourth-order valence-electron chi connectivity index (χ4n) is 19.4. The topological polar surface area (TPSA) is 16.3 Å². The predicted octanol–water partition coefficient (Wildman–Crippen LogP) is 35.9. The molecule has 0 spiro atoms. The quantitative estimate of drug-likeness (QED) is 0.134. The van der Waals surface area contributed by atoms with Gasteiger partial charge in [0.15, 0.2) is 0 Å². The second kappa shape index (κ2) is 32.5. The lowest BCUT2D eigenvalue weighted by atomic mass is 9.33. The van der Waals surface area contributed by atoms with E-state index >= 15 is 0 Å². The van der Waals surface area contributed by atoms with Crippen LogP contribution in [0.15, 0.2) is 260 Å². The first-order valence-electron chi connectivity index (χ1n) is 61.6. The minimum atomic E-state index is -1.35. The molecule has 14 aromatic carbocycles. The summed E-state index contributed by atoms with van der Waals surface area (Å²) in [5, 5.41) is 1.26. The number of rotatable bonds is 9. The van der Waals surface area contributed by atoms with Crippen molar-refractivity contribution in [3.8, 4) is 67.0 Å². The van der Waals surface area contributed by atoms with E-state index in [0.717, 1.165) is 44.1 Å². The lowest BCUT2D eigenvalue weighted by Gasteiger charge is -2.46. The standard InChI is InChI=1S/C132H151BN4/c1-121(2,3)84-52-48-80(49-53-84)98-73-91(128(22,23)24)75-102(95-61-56-88(125(13,14)15)77-106(95)132(34,35)36)119(98)136-113-79-94(135-111-64-57-86(123(7,8)9)71-100(111)101-72-87(124(10,11)12)58-65-112(101)135)60-63-107(113)133-108-62-59-93(134-109-46-39-37-42-96(109)97-43-38-40-47-110(97)134)78-114(108)137(116-69-83(68-115(136)118(116)133)82-66-89(126(16,17)18)70-90(67-82)127(19,20)21)120-99(81-50-54-85(55-51-81)122(4,5)6)74-92(129(25,26)27)76-103(120)117-104(130(28,29)30)44-41-45-105(117)131(31,32)33/h37-79H,1-36H3/i37D,38D,39D,40D,41D,42D,43D,44D,45D,46D,47D,48D,49D,50D,51D,52D,53D,54D,55D,56D,61D,73D,74D,75D,76D,77D. The molecule has 0 fully saturated rings. The molecule has 4 heterocycles. The van der Waals surface area contributed by atoms with Crippen LogP contribution in [0.1, 0.15) is 352 Å². The Morgan fingerprint density at radius 1 is 0.219 bits per heavy atom. The zero-order valence-electron chi connectivity index (χ0n) is 114. The Kier molecular flexibility index (Phi) is 16.2. The average Bonchev–Trinajstić information content (AvgIpc) is 1.28. The summed E-state index contributed by atoms with van der Waals surface area (Å²) >= 11 is 0. The zero-order chi connectivity index (χ0) is 122. The van der Waals surface area contributed by atoms with Gasteiger partial charge in [-0.25, -0.2) is 0 Å². The molecule has 18 rings (SSSR count). The number of hydrogen-bond donors (Lipinski definition) is 0. The molecule has 0 amide bonds. The van der Waals surface area contributed by atoms with Crippen molar-refractivity contribution in [2.45, 2.75) is 314 Å². The van der Waals surface area contributed by atoms with Gasteiger partial charge in [-0.1, -0.05) is 413 Å². The Labute approximate surface area is 859 Å². The van der Waals surface area contributed by atoms with Crippen LogP contribution >= 0.6 is 0 Å². The van der Waals surface area contributed by atoms with Gasteiger partial charge in [-0.3, -0.25) is 0 Å². The Hall–Kier alpha value is -11.7. The predicted molar refractivity (Wildman–Crippen MR) is 601 cm³/mol. The fraction of sp³-hybridized carbons (Fsp3) is 0.364. The van der Waals surface area contributed by atoms with Gasteiger partial charge < -0.3 is 18.9 Å². The highest BCUT2D eigenvalue weighted by atomic mass is 15.2. The molecule has 0 radical (unpaired) electrons. The van der Waals surface area contributed by atoms with Crippen LogP contribution in [0.3, 0.4) is 0 Å². The summed E-state index contributed by atoms with van der Waals surface area (Å²) in [4.78, 5) is 3.71. The third-order valence-electron chi connectivity index (χ3n) is 27.4. The maximum atomic E-state index is 12.1. The minimum absolute atomic E-state index is 0.00645. The first kappa shape index (κ1) is 68.4. The Balaban J connectivity index is 1.25. The van der Waals surface area contributed by atoms with Crippen LogP contribution in [0.4, 0.5) is 34.1 Å². The van der Waals surface area contributed by atoms with Gasteiger partial charge in [-0.2, -0.15) is 0 Å². The average molecular weight is 1830 g/mol. The normalized spacial score (nSPS) is 16.6. The molecule has 2 aromatic heterocycles. The highest BCUT2D eigenvalue weighted by Gasteiger charge is 2.48. The minimum Gasteiger partial charge on any atom is -0.310 e. The SMILES string of the molecule is [2H]c1c([2H])c(C(C)(C)C)c(-c2c([2H])c(C(C)(C)C)c([2H])c(-c3c([2H])c([2H])c(C(C)(C)C)c([2H])c3[2H])c2N2c3cc(-n4c5c([2H])c([2H])c([2H])c([2H])c5c5c([2H])c([2H])c([2H])c([2H])c54)ccc3B3c4ccc(-n5c6ccc(C(C)(C)C)cc6c6cc(C(C)(C)C)ccc65)cc4N(c4c(-c5c([2H])c([2H])c(C(C)(C)C)c([2H])c5[2H])c([2H])c(C(C)(C)C)c([2H])c4-c4c([2H])c([2H])c(C(C)(C)C)c([2H])c4C(C)(C)C)c4cc(-c5cc(C(C)(C)C)cc(C(C)(C)C)c5)cc2c43)c(C(C)(C)C)c1[2H]. The number of benzene rings is 14. The van der Waals surface area contributed by atoms with Crippen LogP contribution in [0.2, 0.25) is 0 Å².